The van der Waals surface area contributed by atoms with Crippen molar-refractivity contribution >= 4 is 23.6 Å². The number of carboxylic acid groups (broad SMARTS) is 1. The minimum absolute atomic E-state index is 0.167. The van der Waals surface area contributed by atoms with Crippen LogP contribution in [0.4, 0.5) is 10.5 Å². The van der Waals surface area contributed by atoms with Crippen molar-refractivity contribution in [2.75, 3.05) is 18.0 Å². The Bertz CT molecular complexity index is 625. The van der Waals surface area contributed by atoms with E-state index in [9.17, 15) is 14.4 Å². The Morgan fingerprint density at radius 2 is 2.09 bits per heavy atom. The van der Waals surface area contributed by atoms with Crippen molar-refractivity contribution in [1.82, 2.24) is 10.6 Å². The molecule has 23 heavy (non-hydrogen) atoms. The molecule has 0 aromatic heterocycles. The second-order valence-electron chi connectivity index (χ2n) is 5.10. The van der Waals surface area contributed by atoms with Gasteiger partial charge < -0.3 is 15.7 Å². The van der Waals surface area contributed by atoms with Crippen LogP contribution in [-0.2, 0) is 4.79 Å². The molecule has 1 fully saturated rings. The van der Waals surface area contributed by atoms with Gasteiger partial charge in [0.1, 0.15) is 6.04 Å². The minimum atomic E-state index is -1.08. The molecule has 0 saturated carbocycles. The lowest BCUT2D eigenvalue weighted by molar-refractivity contribution is -0.139. The van der Waals surface area contributed by atoms with E-state index in [1.54, 1.807) is 48.2 Å². The van der Waals surface area contributed by atoms with Gasteiger partial charge in [-0.2, -0.15) is 0 Å². The molecule has 1 atom stereocenters. The van der Waals surface area contributed by atoms with Crippen molar-refractivity contribution in [2.24, 2.45) is 0 Å². The van der Waals surface area contributed by atoms with Crippen LogP contribution in [0.15, 0.2) is 36.4 Å². The maximum atomic E-state index is 12.1. The third-order valence-electron chi connectivity index (χ3n) is 3.51. The standard InChI is InChI=1S/C16H19N3O4/c1-2-3-4-13(15(21)22)18-14(20)11-5-7-12(8-6-11)19-10-9-17-16(19)23/h2-3,5-8,13H,4,9-10H2,1H3,(H,17,23)(H,18,20)(H,21,22)/b3-2+. The van der Waals surface area contributed by atoms with Crippen LogP contribution in [0.1, 0.15) is 23.7 Å². The number of carboxylic acids is 1. The third kappa shape index (κ3) is 4.09. The Labute approximate surface area is 134 Å². The third-order valence-corrected chi connectivity index (χ3v) is 3.51. The number of hydrogen-bond donors (Lipinski definition) is 3. The molecule has 3 amide bonds. The summed E-state index contributed by atoms with van der Waals surface area (Å²) in [5.74, 6) is -1.54. The first-order chi connectivity index (χ1) is 11.0. The topological polar surface area (TPSA) is 98.7 Å². The van der Waals surface area contributed by atoms with Crippen LogP contribution in [-0.4, -0.2) is 42.1 Å². The van der Waals surface area contributed by atoms with Gasteiger partial charge in [-0.15, -0.1) is 0 Å². The number of urea groups is 1. The number of nitrogens with one attached hydrogen (secondary N) is 2. The smallest absolute Gasteiger partial charge is 0.326 e. The maximum absolute atomic E-state index is 12.1. The highest BCUT2D eigenvalue weighted by molar-refractivity contribution is 5.98. The zero-order valence-corrected chi connectivity index (χ0v) is 12.8. The molecule has 7 heteroatoms. The lowest BCUT2D eigenvalue weighted by Crippen LogP contribution is -2.40. The summed E-state index contributed by atoms with van der Waals surface area (Å²) in [7, 11) is 0. The number of rotatable bonds is 6. The summed E-state index contributed by atoms with van der Waals surface area (Å²) in [4.78, 5) is 36.4. The molecule has 1 unspecified atom stereocenters. The highest BCUT2D eigenvalue weighted by Gasteiger charge is 2.22. The lowest BCUT2D eigenvalue weighted by atomic mass is 10.1. The molecule has 1 aliphatic heterocycles. The number of nitrogens with zero attached hydrogens (tertiary/aromatic N) is 1. The average Bonchev–Trinajstić information content (AvgIpc) is 2.97. The highest BCUT2D eigenvalue weighted by Crippen LogP contribution is 2.17. The first kappa shape index (κ1) is 16.5. The molecule has 0 spiro atoms. The van der Waals surface area contributed by atoms with Crippen LogP contribution in [0.2, 0.25) is 0 Å². The van der Waals surface area contributed by atoms with Gasteiger partial charge in [0.05, 0.1) is 0 Å². The molecule has 2 rings (SSSR count). The number of aliphatic carboxylic acids is 1. The van der Waals surface area contributed by atoms with Crippen molar-refractivity contribution in [3.05, 3.63) is 42.0 Å². The van der Waals surface area contributed by atoms with Crippen molar-refractivity contribution in [3.8, 4) is 0 Å². The summed E-state index contributed by atoms with van der Waals surface area (Å²) in [5, 5.41) is 14.3. The van der Waals surface area contributed by atoms with Gasteiger partial charge in [0.2, 0.25) is 0 Å². The number of benzene rings is 1. The monoisotopic (exact) mass is 317 g/mol. The maximum Gasteiger partial charge on any atom is 0.326 e. The van der Waals surface area contributed by atoms with Gasteiger partial charge in [0, 0.05) is 24.3 Å². The van der Waals surface area contributed by atoms with E-state index in [1.165, 1.54) is 0 Å². The molecule has 1 aromatic rings. The molecule has 0 bridgehead atoms. The Kier molecular flexibility index (Phi) is 5.35. The Morgan fingerprint density at radius 1 is 1.39 bits per heavy atom. The summed E-state index contributed by atoms with van der Waals surface area (Å²) < 4.78 is 0. The molecule has 1 aliphatic rings. The van der Waals surface area contributed by atoms with Gasteiger partial charge in [-0.25, -0.2) is 9.59 Å². The average molecular weight is 317 g/mol. The second kappa shape index (κ2) is 7.44. The van der Waals surface area contributed by atoms with Crippen LogP contribution in [0.3, 0.4) is 0 Å². The van der Waals surface area contributed by atoms with Crippen LogP contribution in [0, 0.1) is 0 Å². The largest absolute Gasteiger partial charge is 0.480 e. The Balaban J connectivity index is 2.04. The SMILES string of the molecule is C/C=C/CC(NC(=O)c1ccc(N2CCNC2=O)cc1)C(=O)O. The minimum Gasteiger partial charge on any atom is -0.480 e. The highest BCUT2D eigenvalue weighted by atomic mass is 16.4. The Morgan fingerprint density at radius 3 is 2.61 bits per heavy atom. The molecular formula is C16H19N3O4. The molecule has 1 heterocycles. The zero-order chi connectivity index (χ0) is 16.8. The molecular weight excluding hydrogens is 298 g/mol. The molecule has 1 aromatic carbocycles. The van der Waals surface area contributed by atoms with E-state index in [-0.39, 0.29) is 12.5 Å². The molecule has 3 N–H and O–H groups in total. The quantitative estimate of drug-likeness (QED) is 0.690. The van der Waals surface area contributed by atoms with Crippen molar-refractivity contribution in [3.63, 3.8) is 0 Å². The van der Waals surface area contributed by atoms with Gasteiger partial charge in [0.25, 0.3) is 5.91 Å². The lowest BCUT2D eigenvalue weighted by Gasteiger charge is -2.15. The van der Waals surface area contributed by atoms with E-state index < -0.39 is 17.9 Å². The normalized spacial score (nSPS) is 15.5. The summed E-state index contributed by atoms with van der Waals surface area (Å²) in [6.45, 7) is 2.95. The first-order valence-corrected chi connectivity index (χ1v) is 7.33. The van der Waals surface area contributed by atoms with Crippen molar-refractivity contribution < 1.29 is 19.5 Å². The van der Waals surface area contributed by atoms with Gasteiger partial charge in [-0.3, -0.25) is 9.69 Å². The van der Waals surface area contributed by atoms with Crippen LogP contribution >= 0.6 is 0 Å². The predicted molar refractivity (Wildman–Crippen MR) is 85.5 cm³/mol. The molecule has 0 radical (unpaired) electrons. The fourth-order valence-corrected chi connectivity index (χ4v) is 2.25. The molecule has 122 valence electrons. The first-order valence-electron chi connectivity index (χ1n) is 7.33. The fourth-order valence-electron chi connectivity index (χ4n) is 2.25. The summed E-state index contributed by atoms with van der Waals surface area (Å²) in [6.07, 6.45) is 3.65. The van der Waals surface area contributed by atoms with Crippen LogP contribution in [0.25, 0.3) is 0 Å². The summed E-state index contributed by atoms with van der Waals surface area (Å²) in [6, 6.07) is 5.35. The van der Waals surface area contributed by atoms with Crippen molar-refractivity contribution in [1.29, 1.82) is 0 Å². The van der Waals surface area contributed by atoms with Gasteiger partial charge in [-0.05, 0) is 37.6 Å². The number of allylic oxidation sites excluding steroid dienone is 1. The van der Waals surface area contributed by atoms with E-state index in [1.807, 2.05) is 0 Å². The zero-order valence-electron chi connectivity index (χ0n) is 12.8. The van der Waals surface area contributed by atoms with E-state index in [4.69, 9.17) is 5.11 Å². The number of carbonyl (C=O) groups excluding carboxylic acids is 2. The van der Waals surface area contributed by atoms with E-state index in [0.29, 0.717) is 24.3 Å². The van der Waals surface area contributed by atoms with E-state index in [0.717, 1.165) is 0 Å². The number of hydrogen-bond acceptors (Lipinski definition) is 3. The number of amides is 3. The van der Waals surface area contributed by atoms with Crippen molar-refractivity contribution in [2.45, 2.75) is 19.4 Å². The van der Waals surface area contributed by atoms with Gasteiger partial charge >= 0.3 is 12.0 Å². The summed E-state index contributed by atoms with van der Waals surface area (Å²) in [5.41, 5.74) is 1.04. The fraction of sp³-hybridized carbons (Fsp3) is 0.312. The molecule has 1 saturated heterocycles. The molecule has 0 aliphatic carbocycles. The molecule has 7 nitrogen and oxygen atoms in total. The van der Waals surface area contributed by atoms with Crippen LogP contribution < -0.4 is 15.5 Å². The predicted octanol–water partition coefficient (Wildman–Crippen LogP) is 1.37. The van der Waals surface area contributed by atoms with E-state index >= 15 is 0 Å². The van der Waals surface area contributed by atoms with Gasteiger partial charge in [-0.1, -0.05) is 12.2 Å². The Hall–Kier alpha value is -2.83. The number of carbonyl (C=O) groups is 3. The summed E-state index contributed by atoms with van der Waals surface area (Å²) >= 11 is 0. The van der Waals surface area contributed by atoms with Gasteiger partial charge in [0.15, 0.2) is 0 Å². The number of anilines is 1. The van der Waals surface area contributed by atoms with E-state index in [2.05, 4.69) is 10.6 Å². The van der Waals surface area contributed by atoms with Crippen LogP contribution in [0.5, 0.6) is 0 Å². The second-order valence-corrected chi connectivity index (χ2v) is 5.10.